The first kappa shape index (κ1) is 16.6. The minimum atomic E-state index is -0.605. The smallest absolute Gasteiger partial charge is 0.316 e. The first-order chi connectivity index (χ1) is 9.54. The van der Waals surface area contributed by atoms with Crippen LogP contribution >= 0.6 is 0 Å². The second kappa shape index (κ2) is 5.90. The van der Waals surface area contributed by atoms with Crippen LogP contribution in [0.4, 0.5) is 17.1 Å². The molecule has 0 aromatic heterocycles. The van der Waals surface area contributed by atoms with Crippen LogP contribution in [0.15, 0.2) is 12.1 Å². The molecular weight excluding hydrogens is 274 g/mol. The van der Waals surface area contributed by atoms with Crippen molar-refractivity contribution in [2.45, 2.75) is 40.0 Å². The Morgan fingerprint density at radius 2 is 1.62 bits per heavy atom. The van der Waals surface area contributed by atoms with Crippen molar-refractivity contribution in [3.05, 3.63) is 27.8 Å². The minimum Gasteiger partial charge on any atom is -0.321 e. The van der Waals surface area contributed by atoms with Gasteiger partial charge in [-0.1, -0.05) is 26.8 Å². The Hall–Kier alpha value is -2.44. The number of amides is 2. The summed E-state index contributed by atoms with van der Waals surface area (Å²) in [5.41, 5.74) is 0.0823. The maximum absolute atomic E-state index is 11.4. The van der Waals surface area contributed by atoms with Gasteiger partial charge in [-0.3, -0.25) is 19.7 Å². The van der Waals surface area contributed by atoms with Gasteiger partial charge in [-0.15, -0.1) is 0 Å². The Morgan fingerprint density at radius 1 is 1.10 bits per heavy atom. The van der Waals surface area contributed by atoms with E-state index in [1.807, 2.05) is 20.8 Å². The van der Waals surface area contributed by atoms with E-state index in [0.29, 0.717) is 5.56 Å². The van der Waals surface area contributed by atoms with E-state index < -0.39 is 22.2 Å². The Bertz CT molecular complexity index is 603. The molecule has 7 nitrogen and oxygen atoms in total. The SMILES string of the molecule is CC(=O)Nc1ccc(C(C)(C)C)c(NC(C)=O)c1[N+](=O)[O-]. The van der Waals surface area contributed by atoms with Gasteiger partial charge in [-0.2, -0.15) is 0 Å². The molecule has 0 aliphatic heterocycles. The fourth-order valence-corrected chi connectivity index (χ4v) is 2.00. The fourth-order valence-electron chi connectivity index (χ4n) is 2.00. The van der Waals surface area contributed by atoms with E-state index >= 15 is 0 Å². The van der Waals surface area contributed by atoms with Gasteiger partial charge < -0.3 is 10.6 Å². The number of rotatable bonds is 3. The molecule has 0 unspecified atom stereocenters. The van der Waals surface area contributed by atoms with E-state index in [-0.39, 0.29) is 17.1 Å². The monoisotopic (exact) mass is 293 g/mol. The lowest BCUT2D eigenvalue weighted by Crippen LogP contribution is -2.19. The van der Waals surface area contributed by atoms with Crippen LogP contribution in [0.2, 0.25) is 0 Å². The highest BCUT2D eigenvalue weighted by atomic mass is 16.6. The van der Waals surface area contributed by atoms with Crippen LogP contribution in [0.3, 0.4) is 0 Å². The number of nitro benzene ring substituents is 1. The zero-order valence-electron chi connectivity index (χ0n) is 12.7. The van der Waals surface area contributed by atoms with Gasteiger partial charge in [0.2, 0.25) is 11.8 Å². The number of hydrogen-bond donors (Lipinski definition) is 2. The van der Waals surface area contributed by atoms with Gasteiger partial charge in [0, 0.05) is 13.8 Å². The number of carbonyl (C=O) groups excluding carboxylic acids is 2. The maximum Gasteiger partial charge on any atom is 0.316 e. The van der Waals surface area contributed by atoms with E-state index in [1.165, 1.54) is 19.9 Å². The third kappa shape index (κ3) is 4.01. The molecular formula is C14H19N3O4. The van der Waals surface area contributed by atoms with Gasteiger partial charge in [0.1, 0.15) is 11.4 Å². The van der Waals surface area contributed by atoms with Crippen molar-refractivity contribution >= 4 is 28.9 Å². The van der Waals surface area contributed by atoms with Gasteiger partial charge in [-0.05, 0) is 17.0 Å². The molecule has 2 N–H and O–H groups in total. The van der Waals surface area contributed by atoms with Crippen molar-refractivity contribution in [3.8, 4) is 0 Å². The van der Waals surface area contributed by atoms with Crippen LogP contribution in [0.25, 0.3) is 0 Å². The maximum atomic E-state index is 11.4. The summed E-state index contributed by atoms with van der Waals surface area (Å²) in [7, 11) is 0. The third-order valence-electron chi connectivity index (χ3n) is 2.78. The summed E-state index contributed by atoms with van der Waals surface area (Å²) in [6.07, 6.45) is 0. The molecule has 1 aromatic rings. The van der Waals surface area contributed by atoms with Crippen LogP contribution in [0.1, 0.15) is 40.2 Å². The third-order valence-corrected chi connectivity index (χ3v) is 2.78. The van der Waals surface area contributed by atoms with Gasteiger partial charge in [0.25, 0.3) is 0 Å². The lowest BCUT2D eigenvalue weighted by atomic mass is 9.85. The topological polar surface area (TPSA) is 101 Å². The summed E-state index contributed by atoms with van der Waals surface area (Å²) in [6, 6.07) is 3.15. The molecule has 0 spiro atoms. The number of hydrogen-bond acceptors (Lipinski definition) is 4. The van der Waals surface area contributed by atoms with Crippen molar-refractivity contribution in [2.24, 2.45) is 0 Å². The molecule has 0 saturated heterocycles. The predicted molar refractivity (Wildman–Crippen MR) is 80.4 cm³/mol. The lowest BCUT2D eigenvalue weighted by molar-refractivity contribution is -0.383. The summed E-state index contributed by atoms with van der Waals surface area (Å²) in [6.45, 7) is 8.20. The summed E-state index contributed by atoms with van der Waals surface area (Å²) in [5, 5.41) is 16.3. The quantitative estimate of drug-likeness (QED) is 0.660. The molecule has 0 aliphatic rings. The van der Waals surface area contributed by atoms with Crippen LogP contribution in [-0.2, 0) is 15.0 Å². The van der Waals surface area contributed by atoms with Crippen LogP contribution in [-0.4, -0.2) is 16.7 Å². The highest BCUT2D eigenvalue weighted by molar-refractivity contribution is 5.99. The fraction of sp³-hybridized carbons (Fsp3) is 0.429. The molecule has 0 radical (unpaired) electrons. The molecule has 7 heteroatoms. The number of benzene rings is 1. The average Bonchev–Trinajstić information content (AvgIpc) is 2.24. The molecule has 1 aromatic carbocycles. The Kier molecular flexibility index (Phi) is 4.67. The largest absolute Gasteiger partial charge is 0.321 e. The molecule has 0 heterocycles. The van der Waals surface area contributed by atoms with Gasteiger partial charge in [0.05, 0.1) is 4.92 Å². The molecule has 114 valence electrons. The number of nitrogens with one attached hydrogen (secondary N) is 2. The van der Waals surface area contributed by atoms with Crippen molar-refractivity contribution in [3.63, 3.8) is 0 Å². The lowest BCUT2D eigenvalue weighted by Gasteiger charge is -2.23. The van der Waals surface area contributed by atoms with Crippen LogP contribution in [0, 0.1) is 10.1 Å². The summed E-state index contributed by atoms with van der Waals surface area (Å²) in [4.78, 5) is 33.3. The number of nitro groups is 1. The Morgan fingerprint density at radius 3 is 2.00 bits per heavy atom. The second-order valence-electron chi connectivity index (χ2n) is 5.75. The molecule has 0 aliphatic carbocycles. The van der Waals surface area contributed by atoms with Crippen molar-refractivity contribution in [1.29, 1.82) is 0 Å². The summed E-state index contributed by atoms with van der Waals surface area (Å²) in [5.74, 6) is -0.834. The first-order valence-electron chi connectivity index (χ1n) is 6.41. The highest BCUT2D eigenvalue weighted by Crippen LogP contribution is 2.41. The minimum absolute atomic E-state index is 0.0595. The zero-order valence-corrected chi connectivity index (χ0v) is 12.7. The van der Waals surface area contributed by atoms with Gasteiger partial charge >= 0.3 is 5.69 Å². The summed E-state index contributed by atoms with van der Waals surface area (Å²) < 4.78 is 0. The van der Waals surface area contributed by atoms with Crippen molar-refractivity contribution in [2.75, 3.05) is 10.6 Å². The van der Waals surface area contributed by atoms with Gasteiger partial charge in [-0.25, -0.2) is 0 Å². The van der Waals surface area contributed by atoms with Crippen LogP contribution < -0.4 is 10.6 Å². The number of nitrogens with zero attached hydrogens (tertiary/aromatic N) is 1. The van der Waals surface area contributed by atoms with E-state index in [9.17, 15) is 19.7 Å². The van der Waals surface area contributed by atoms with E-state index in [4.69, 9.17) is 0 Å². The van der Waals surface area contributed by atoms with Crippen LogP contribution in [0.5, 0.6) is 0 Å². The molecule has 21 heavy (non-hydrogen) atoms. The average molecular weight is 293 g/mol. The normalized spacial score (nSPS) is 10.9. The first-order valence-corrected chi connectivity index (χ1v) is 6.41. The van der Waals surface area contributed by atoms with Crippen molar-refractivity contribution < 1.29 is 14.5 Å². The number of anilines is 2. The molecule has 0 atom stereocenters. The van der Waals surface area contributed by atoms with Crippen molar-refractivity contribution in [1.82, 2.24) is 0 Å². The highest BCUT2D eigenvalue weighted by Gasteiger charge is 2.29. The van der Waals surface area contributed by atoms with Gasteiger partial charge in [0.15, 0.2) is 0 Å². The summed E-state index contributed by atoms with van der Waals surface area (Å²) >= 11 is 0. The molecule has 1 rings (SSSR count). The Balaban J connectivity index is 3.65. The molecule has 2 amide bonds. The van der Waals surface area contributed by atoms with E-state index in [0.717, 1.165) is 0 Å². The number of carbonyl (C=O) groups is 2. The standard InChI is InChI=1S/C14H19N3O4/c1-8(18)15-11-7-6-10(14(3,4)5)12(16-9(2)19)13(11)17(20)21/h6-7H,1-5H3,(H,15,18)(H,16,19). The molecule has 0 bridgehead atoms. The predicted octanol–water partition coefficient (Wildman–Crippen LogP) is 2.81. The Labute approximate surface area is 122 Å². The molecule has 0 fully saturated rings. The zero-order chi connectivity index (χ0) is 16.4. The van der Waals surface area contributed by atoms with E-state index in [2.05, 4.69) is 10.6 Å². The molecule has 0 saturated carbocycles. The second-order valence-corrected chi connectivity index (χ2v) is 5.75. The van der Waals surface area contributed by atoms with E-state index in [1.54, 1.807) is 6.07 Å².